The number of rotatable bonds is 8. The molecule has 0 bridgehead atoms. The van der Waals surface area contributed by atoms with E-state index in [2.05, 4.69) is 39.6 Å². The molecule has 2 N–H and O–H groups in total. The SMILES string of the molecule is C=C(CC1CCCC1)NC(C1CCCC1)C(C)(O)C1CC2C(C1CC)C2(C)C. The van der Waals surface area contributed by atoms with Crippen molar-refractivity contribution in [3.05, 3.63) is 12.3 Å². The average molecular weight is 388 g/mol. The zero-order chi connectivity index (χ0) is 20.1. The topological polar surface area (TPSA) is 32.3 Å². The smallest absolute Gasteiger partial charge is 0.0853 e. The van der Waals surface area contributed by atoms with Crippen LogP contribution in [0.25, 0.3) is 0 Å². The van der Waals surface area contributed by atoms with Crippen LogP contribution < -0.4 is 5.32 Å². The number of nitrogens with one attached hydrogen (secondary N) is 1. The van der Waals surface area contributed by atoms with Gasteiger partial charge in [0.25, 0.3) is 0 Å². The summed E-state index contributed by atoms with van der Waals surface area (Å²) in [6.45, 7) is 13.9. The van der Waals surface area contributed by atoms with Crippen molar-refractivity contribution in [2.45, 2.75) is 110 Å². The molecule has 6 atom stereocenters. The maximum Gasteiger partial charge on any atom is 0.0853 e. The maximum absolute atomic E-state index is 12.1. The van der Waals surface area contributed by atoms with E-state index in [0.29, 0.717) is 23.2 Å². The maximum atomic E-state index is 12.1. The molecular formula is C26H45NO. The highest BCUT2D eigenvalue weighted by atomic mass is 16.3. The molecule has 0 aromatic rings. The molecule has 0 heterocycles. The van der Waals surface area contributed by atoms with Gasteiger partial charge < -0.3 is 10.4 Å². The van der Waals surface area contributed by atoms with Gasteiger partial charge in [0.05, 0.1) is 11.6 Å². The second kappa shape index (κ2) is 7.64. The molecule has 4 rings (SSSR count). The summed E-state index contributed by atoms with van der Waals surface area (Å²) in [6.07, 6.45) is 14.3. The van der Waals surface area contributed by atoms with Gasteiger partial charge in [-0.3, -0.25) is 0 Å². The minimum absolute atomic E-state index is 0.184. The number of aliphatic hydroxyl groups is 1. The Morgan fingerprint density at radius 1 is 1.14 bits per heavy atom. The molecular weight excluding hydrogens is 342 g/mol. The van der Waals surface area contributed by atoms with Crippen LogP contribution in [0.3, 0.4) is 0 Å². The van der Waals surface area contributed by atoms with E-state index in [1.807, 2.05) is 0 Å². The van der Waals surface area contributed by atoms with Gasteiger partial charge in [0.2, 0.25) is 0 Å². The molecule has 0 spiro atoms. The van der Waals surface area contributed by atoms with Crippen LogP contribution in [0.15, 0.2) is 12.3 Å². The first-order chi connectivity index (χ1) is 13.3. The summed E-state index contributed by atoms with van der Waals surface area (Å²) in [5.74, 6) is 4.22. The van der Waals surface area contributed by atoms with Crippen molar-refractivity contribution in [3.8, 4) is 0 Å². The van der Waals surface area contributed by atoms with E-state index in [-0.39, 0.29) is 6.04 Å². The Balaban J connectivity index is 1.49. The lowest BCUT2D eigenvalue weighted by atomic mass is 9.68. The molecule has 4 saturated carbocycles. The quantitative estimate of drug-likeness (QED) is 0.512. The van der Waals surface area contributed by atoms with E-state index >= 15 is 0 Å². The summed E-state index contributed by atoms with van der Waals surface area (Å²) in [5.41, 5.74) is 1.08. The lowest BCUT2D eigenvalue weighted by Gasteiger charge is -2.46. The minimum Gasteiger partial charge on any atom is -0.388 e. The third-order valence-corrected chi connectivity index (χ3v) is 9.72. The highest BCUT2D eigenvalue weighted by Crippen LogP contribution is 2.72. The van der Waals surface area contributed by atoms with Crippen LogP contribution in [0, 0.1) is 40.9 Å². The van der Waals surface area contributed by atoms with E-state index in [0.717, 1.165) is 24.2 Å². The van der Waals surface area contributed by atoms with Crippen molar-refractivity contribution in [2.75, 3.05) is 0 Å². The monoisotopic (exact) mass is 387 g/mol. The fraction of sp³-hybridized carbons (Fsp3) is 0.923. The molecule has 2 nitrogen and oxygen atoms in total. The first-order valence-electron chi connectivity index (χ1n) is 12.4. The highest BCUT2D eigenvalue weighted by molar-refractivity contribution is 5.18. The summed E-state index contributed by atoms with van der Waals surface area (Å²) in [4.78, 5) is 0. The lowest BCUT2D eigenvalue weighted by molar-refractivity contribution is -0.0722. The van der Waals surface area contributed by atoms with Crippen LogP contribution in [0.4, 0.5) is 0 Å². The second-order valence-corrected chi connectivity index (χ2v) is 11.7. The molecule has 0 aromatic heterocycles. The Morgan fingerprint density at radius 2 is 1.75 bits per heavy atom. The Hall–Kier alpha value is -0.500. The molecule has 0 amide bonds. The molecule has 4 aliphatic carbocycles. The first-order valence-corrected chi connectivity index (χ1v) is 12.4. The zero-order valence-corrected chi connectivity index (χ0v) is 19.0. The molecule has 6 unspecified atom stereocenters. The van der Waals surface area contributed by atoms with Gasteiger partial charge in [-0.15, -0.1) is 0 Å². The number of hydrogen-bond acceptors (Lipinski definition) is 2. The predicted octanol–water partition coefficient (Wildman–Crippen LogP) is 6.30. The van der Waals surface area contributed by atoms with Gasteiger partial charge in [-0.05, 0) is 73.5 Å². The van der Waals surface area contributed by atoms with Gasteiger partial charge in [-0.1, -0.05) is 72.3 Å². The van der Waals surface area contributed by atoms with E-state index in [1.54, 1.807) is 0 Å². The molecule has 4 aliphatic rings. The van der Waals surface area contributed by atoms with Crippen molar-refractivity contribution < 1.29 is 5.11 Å². The van der Waals surface area contributed by atoms with Gasteiger partial charge in [-0.25, -0.2) is 0 Å². The standard InChI is InChI=1S/C26H45NO/c1-6-20-21(16-22-23(20)25(22,3)4)26(5,28)24(19-13-9-10-14-19)27-17(2)15-18-11-7-8-12-18/h18-24,27-28H,2,6-16H2,1,3-5H3. The first kappa shape index (κ1) is 20.8. The summed E-state index contributed by atoms with van der Waals surface area (Å²) < 4.78 is 0. The van der Waals surface area contributed by atoms with Gasteiger partial charge in [-0.2, -0.15) is 0 Å². The Labute approximate surface area is 173 Å². The van der Waals surface area contributed by atoms with Gasteiger partial charge in [0.15, 0.2) is 0 Å². The largest absolute Gasteiger partial charge is 0.388 e. The Bertz CT molecular complexity index is 567. The minimum atomic E-state index is -0.627. The molecule has 28 heavy (non-hydrogen) atoms. The van der Waals surface area contributed by atoms with Crippen LogP contribution in [0.1, 0.15) is 98.3 Å². The van der Waals surface area contributed by atoms with Crippen molar-refractivity contribution in [2.24, 2.45) is 40.9 Å². The number of fused-ring (bicyclic) bond motifs is 1. The molecule has 0 aromatic carbocycles. The van der Waals surface area contributed by atoms with E-state index < -0.39 is 5.60 Å². The normalized spacial score (nSPS) is 38.2. The molecule has 0 saturated heterocycles. The Kier molecular flexibility index (Phi) is 5.66. The fourth-order valence-electron chi connectivity index (χ4n) is 8.10. The molecule has 0 aliphatic heterocycles. The summed E-state index contributed by atoms with van der Waals surface area (Å²) in [5, 5.41) is 15.9. The zero-order valence-electron chi connectivity index (χ0n) is 19.0. The van der Waals surface area contributed by atoms with Crippen LogP contribution >= 0.6 is 0 Å². The second-order valence-electron chi connectivity index (χ2n) is 11.7. The van der Waals surface area contributed by atoms with Gasteiger partial charge >= 0.3 is 0 Å². The van der Waals surface area contributed by atoms with E-state index in [9.17, 15) is 5.11 Å². The lowest BCUT2D eigenvalue weighted by Crippen LogP contribution is -2.57. The van der Waals surface area contributed by atoms with Crippen LogP contribution in [-0.4, -0.2) is 16.7 Å². The van der Waals surface area contributed by atoms with Crippen molar-refractivity contribution in [1.82, 2.24) is 5.32 Å². The molecule has 160 valence electrons. The van der Waals surface area contributed by atoms with E-state index in [4.69, 9.17) is 0 Å². The van der Waals surface area contributed by atoms with Crippen molar-refractivity contribution in [3.63, 3.8) is 0 Å². The predicted molar refractivity (Wildman–Crippen MR) is 118 cm³/mol. The van der Waals surface area contributed by atoms with Gasteiger partial charge in [0, 0.05) is 5.70 Å². The number of hydrogen-bond donors (Lipinski definition) is 2. The van der Waals surface area contributed by atoms with Crippen LogP contribution in [0.5, 0.6) is 0 Å². The molecule has 0 radical (unpaired) electrons. The summed E-state index contributed by atoms with van der Waals surface area (Å²) >= 11 is 0. The summed E-state index contributed by atoms with van der Waals surface area (Å²) in [6, 6.07) is 0.184. The highest BCUT2D eigenvalue weighted by Gasteiger charge is 2.69. The number of allylic oxidation sites excluding steroid dienone is 1. The van der Waals surface area contributed by atoms with Crippen molar-refractivity contribution in [1.29, 1.82) is 0 Å². The third kappa shape index (κ3) is 3.57. The average Bonchev–Trinajstić information content (AvgIpc) is 3.23. The summed E-state index contributed by atoms with van der Waals surface area (Å²) in [7, 11) is 0. The molecule has 4 fully saturated rings. The Morgan fingerprint density at radius 3 is 2.36 bits per heavy atom. The van der Waals surface area contributed by atoms with Crippen molar-refractivity contribution >= 4 is 0 Å². The van der Waals surface area contributed by atoms with Crippen LogP contribution in [-0.2, 0) is 0 Å². The van der Waals surface area contributed by atoms with Crippen LogP contribution in [0.2, 0.25) is 0 Å². The third-order valence-electron chi connectivity index (χ3n) is 9.72. The molecule has 2 heteroatoms. The van der Waals surface area contributed by atoms with Gasteiger partial charge in [0.1, 0.15) is 0 Å². The van der Waals surface area contributed by atoms with E-state index in [1.165, 1.54) is 69.9 Å². The fourth-order valence-corrected chi connectivity index (χ4v) is 8.10.